The number of carbonyl (C=O) groups excluding carboxylic acids is 3. The second-order valence-corrected chi connectivity index (χ2v) is 6.14. The Morgan fingerprint density at radius 1 is 1.15 bits per heavy atom. The number of amides is 4. The number of nitrogens with zero attached hydrogens (tertiary/aromatic N) is 2. The Kier molecular flexibility index (Phi) is 5.65. The van der Waals surface area contributed by atoms with E-state index < -0.39 is 0 Å². The number of hydrogen-bond acceptors (Lipinski definition) is 4. The molecule has 2 heterocycles. The summed E-state index contributed by atoms with van der Waals surface area (Å²) in [5, 5.41) is 8.24. The van der Waals surface area contributed by atoms with Crippen LogP contribution in [0, 0.1) is 6.92 Å². The number of urea groups is 1. The zero-order valence-electron chi connectivity index (χ0n) is 15.0. The SMILES string of the molecule is Cc1ccc(C(=O)NCCNC(=O)c2cccnc2)cc1N1CCNC1=O. The van der Waals surface area contributed by atoms with E-state index in [1.807, 2.05) is 13.0 Å². The standard InChI is InChI=1S/C19H21N5O3/c1-13-4-5-14(11-16(13)24-10-9-23-19(24)27)17(25)21-7-8-22-18(26)15-3-2-6-20-12-15/h2-6,11-12H,7-10H2,1H3,(H,21,25)(H,22,26)(H,23,27). The fourth-order valence-electron chi connectivity index (χ4n) is 2.80. The van der Waals surface area contributed by atoms with Gasteiger partial charge < -0.3 is 16.0 Å². The second kappa shape index (κ2) is 8.31. The van der Waals surface area contributed by atoms with Crippen LogP contribution in [0.25, 0.3) is 0 Å². The van der Waals surface area contributed by atoms with Crippen LogP contribution in [-0.2, 0) is 0 Å². The summed E-state index contributed by atoms with van der Waals surface area (Å²) < 4.78 is 0. The Morgan fingerprint density at radius 2 is 1.89 bits per heavy atom. The van der Waals surface area contributed by atoms with Crippen molar-refractivity contribution in [3.8, 4) is 0 Å². The lowest BCUT2D eigenvalue weighted by Crippen LogP contribution is -2.35. The van der Waals surface area contributed by atoms with E-state index in [1.165, 1.54) is 6.20 Å². The molecule has 2 aromatic rings. The van der Waals surface area contributed by atoms with E-state index in [4.69, 9.17) is 0 Å². The maximum absolute atomic E-state index is 12.4. The zero-order valence-corrected chi connectivity index (χ0v) is 15.0. The summed E-state index contributed by atoms with van der Waals surface area (Å²) in [6.07, 6.45) is 3.08. The number of benzene rings is 1. The molecule has 0 spiro atoms. The molecular formula is C19H21N5O3. The Morgan fingerprint density at radius 3 is 2.52 bits per heavy atom. The number of nitrogens with one attached hydrogen (secondary N) is 3. The summed E-state index contributed by atoms with van der Waals surface area (Å²) in [5.74, 6) is -0.499. The van der Waals surface area contributed by atoms with Gasteiger partial charge in [0.25, 0.3) is 11.8 Å². The molecular weight excluding hydrogens is 346 g/mol. The molecule has 8 heteroatoms. The first-order chi connectivity index (χ1) is 13.1. The number of carbonyl (C=O) groups is 3. The summed E-state index contributed by atoms with van der Waals surface area (Å²) >= 11 is 0. The van der Waals surface area contributed by atoms with Crippen molar-refractivity contribution in [2.24, 2.45) is 0 Å². The number of rotatable bonds is 6. The van der Waals surface area contributed by atoms with Gasteiger partial charge in [-0.2, -0.15) is 0 Å². The molecule has 3 N–H and O–H groups in total. The summed E-state index contributed by atoms with van der Waals surface area (Å²) in [6, 6.07) is 8.45. The van der Waals surface area contributed by atoms with Gasteiger partial charge >= 0.3 is 6.03 Å². The Bertz CT molecular complexity index is 854. The van der Waals surface area contributed by atoms with Crippen molar-refractivity contribution in [2.75, 3.05) is 31.1 Å². The molecule has 1 aromatic carbocycles. The quantitative estimate of drug-likeness (QED) is 0.665. The van der Waals surface area contributed by atoms with Gasteiger partial charge in [-0.1, -0.05) is 6.07 Å². The summed E-state index contributed by atoms with van der Waals surface area (Å²) in [5.41, 5.74) is 2.58. The van der Waals surface area contributed by atoms with Gasteiger partial charge in [0.15, 0.2) is 0 Å². The molecule has 0 bridgehead atoms. The molecule has 1 saturated heterocycles. The summed E-state index contributed by atoms with van der Waals surface area (Å²) in [4.78, 5) is 41.7. The minimum Gasteiger partial charge on any atom is -0.350 e. The largest absolute Gasteiger partial charge is 0.350 e. The molecule has 140 valence electrons. The van der Waals surface area contributed by atoms with Crippen molar-refractivity contribution in [3.05, 3.63) is 59.4 Å². The van der Waals surface area contributed by atoms with Gasteiger partial charge in [-0.25, -0.2) is 4.79 Å². The molecule has 1 aliphatic heterocycles. The number of pyridine rings is 1. The average molecular weight is 367 g/mol. The van der Waals surface area contributed by atoms with E-state index >= 15 is 0 Å². The maximum Gasteiger partial charge on any atom is 0.322 e. The predicted molar refractivity (Wildman–Crippen MR) is 101 cm³/mol. The Hall–Kier alpha value is -3.42. The fraction of sp³-hybridized carbons (Fsp3) is 0.263. The highest BCUT2D eigenvalue weighted by atomic mass is 16.2. The van der Waals surface area contributed by atoms with E-state index in [2.05, 4.69) is 20.9 Å². The molecule has 8 nitrogen and oxygen atoms in total. The monoisotopic (exact) mass is 367 g/mol. The lowest BCUT2D eigenvalue weighted by atomic mass is 10.1. The molecule has 1 aliphatic rings. The van der Waals surface area contributed by atoms with E-state index in [0.717, 1.165) is 11.3 Å². The fourth-order valence-corrected chi connectivity index (χ4v) is 2.80. The van der Waals surface area contributed by atoms with Crippen molar-refractivity contribution in [1.29, 1.82) is 0 Å². The molecule has 0 radical (unpaired) electrons. The molecule has 0 saturated carbocycles. The Balaban J connectivity index is 1.54. The van der Waals surface area contributed by atoms with Crippen molar-refractivity contribution < 1.29 is 14.4 Å². The predicted octanol–water partition coefficient (Wildman–Crippen LogP) is 1.08. The molecule has 1 aromatic heterocycles. The number of hydrogen-bond donors (Lipinski definition) is 3. The van der Waals surface area contributed by atoms with Crippen LogP contribution in [-0.4, -0.2) is 49.0 Å². The van der Waals surface area contributed by atoms with Crippen LogP contribution >= 0.6 is 0 Å². The van der Waals surface area contributed by atoms with Gasteiger partial charge in [-0.05, 0) is 36.8 Å². The third kappa shape index (κ3) is 4.41. The van der Waals surface area contributed by atoms with Crippen molar-refractivity contribution >= 4 is 23.5 Å². The minimum atomic E-state index is -0.258. The molecule has 0 aliphatic carbocycles. The molecule has 3 rings (SSSR count). The van der Waals surface area contributed by atoms with E-state index in [1.54, 1.807) is 35.4 Å². The zero-order chi connectivity index (χ0) is 19.2. The first-order valence-electron chi connectivity index (χ1n) is 8.68. The second-order valence-electron chi connectivity index (χ2n) is 6.14. The lowest BCUT2D eigenvalue weighted by molar-refractivity contribution is 0.0927. The average Bonchev–Trinajstić information content (AvgIpc) is 3.11. The minimum absolute atomic E-state index is 0.159. The number of anilines is 1. The topological polar surface area (TPSA) is 103 Å². The molecule has 0 unspecified atom stereocenters. The van der Waals surface area contributed by atoms with E-state index in [9.17, 15) is 14.4 Å². The first kappa shape index (κ1) is 18.4. The normalized spacial score (nSPS) is 13.2. The van der Waals surface area contributed by atoms with Crippen molar-refractivity contribution in [2.45, 2.75) is 6.92 Å². The van der Waals surface area contributed by atoms with Crippen LogP contribution in [0.5, 0.6) is 0 Å². The van der Waals surface area contributed by atoms with Crippen LogP contribution in [0.1, 0.15) is 26.3 Å². The van der Waals surface area contributed by atoms with Gasteiger partial charge in [0.2, 0.25) is 0 Å². The van der Waals surface area contributed by atoms with Crippen LogP contribution in [0.3, 0.4) is 0 Å². The van der Waals surface area contributed by atoms with Crippen LogP contribution < -0.4 is 20.9 Å². The highest BCUT2D eigenvalue weighted by molar-refractivity contribution is 5.99. The molecule has 27 heavy (non-hydrogen) atoms. The maximum atomic E-state index is 12.4. The summed E-state index contributed by atoms with van der Waals surface area (Å²) in [7, 11) is 0. The van der Waals surface area contributed by atoms with Crippen molar-refractivity contribution in [3.63, 3.8) is 0 Å². The van der Waals surface area contributed by atoms with Crippen LogP contribution in [0.4, 0.5) is 10.5 Å². The third-order valence-electron chi connectivity index (χ3n) is 4.24. The highest BCUT2D eigenvalue weighted by Crippen LogP contribution is 2.23. The number of aryl methyl sites for hydroxylation is 1. The van der Waals surface area contributed by atoms with E-state index in [0.29, 0.717) is 30.8 Å². The van der Waals surface area contributed by atoms with Crippen molar-refractivity contribution in [1.82, 2.24) is 20.9 Å². The van der Waals surface area contributed by atoms with E-state index in [-0.39, 0.29) is 24.4 Å². The van der Waals surface area contributed by atoms with Crippen LogP contribution in [0.15, 0.2) is 42.7 Å². The Labute approximate surface area is 157 Å². The van der Waals surface area contributed by atoms with Crippen LogP contribution in [0.2, 0.25) is 0 Å². The van der Waals surface area contributed by atoms with Gasteiger partial charge in [-0.3, -0.25) is 19.5 Å². The molecule has 1 fully saturated rings. The van der Waals surface area contributed by atoms with Gasteiger partial charge in [0.1, 0.15) is 0 Å². The number of aromatic nitrogens is 1. The van der Waals surface area contributed by atoms with Gasteiger partial charge in [0, 0.05) is 49.8 Å². The molecule has 0 atom stereocenters. The van der Waals surface area contributed by atoms with Gasteiger partial charge in [0.05, 0.1) is 5.56 Å². The summed E-state index contributed by atoms with van der Waals surface area (Å²) in [6.45, 7) is 3.65. The molecule has 4 amide bonds. The lowest BCUT2D eigenvalue weighted by Gasteiger charge is -2.18. The third-order valence-corrected chi connectivity index (χ3v) is 4.24. The first-order valence-corrected chi connectivity index (χ1v) is 8.68. The highest BCUT2D eigenvalue weighted by Gasteiger charge is 2.23. The van der Waals surface area contributed by atoms with Gasteiger partial charge in [-0.15, -0.1) is 0 Å². The smallest absolute Gasteiger partial charge is 0.322 e.